The van der Waals surface area contributed by atoms with Crippen molar-refractivity contribution in [3.8, 4) is 0 Å². The molecule has 7 nitrogen and oxygen atoms in total. The van der Waals surface area contributed by atoms with E-state index in [2.05, 4.69) is 5.32 Å². The number of nitrogens with one attached hydrogen (secondary N) is 1. The van der Waals surface area contributed by atoms with Crippen LogP contribution < -0.4 is 5.32 Å². The van der Waals surface area contributed by atoms with E-state index in [4.69, 9.17) is 10.2 Å². The molecule has 1 aliphatic carbocycles. The van der Waals surface area contributed by atoms with Crippen molar-refractivity contribution in [2.24, 2.45) is 11.8 Å². The topological polar surface area (TPSA) is 110 Å². The summed E-state index contributed by atoms with van der Waals surface area (Å²) in [5, 5.41) is 29.9. The third-order valence-electron chi connectivity index (χ3n) is 4.09. The van der Waals surface area contributed by atoms with Gasteiger partial charge in [0.05, 0.1) is 6.10 Å². The minimum atomic E-state index is -1.44. The number of aliphatic hydroxyl groups excluding tert-OH is 2. The van der Waals surface area contributed by atoms with Crippen molar-refractivity contribution in [1.29, 1.82) is 0 Å². The zero-order valence-corrected chi connectivity index (χ0v) is 10.7. The van der Waals surface area contributed by atoms with E-state index in [0.29, 0.717) is 19.0 Å². The zero-order chi connectivity index (χ0) is 14.0. The third kappa shape index (κ3) is 3.16. The Labute approximate surface area is 111 Å². The average molecular weight is 272 g/mol. The SMILES string of the molecule is O=C(O)C(O)CCNC(=O)N1CC2CCC(O)C2C1. The van der Waals surface area contributed by atoms with Gasteiger partial charge in [0.25, 0.3) is 0 Å². The van der Waals surface area contributed by atoms with Crippen LogP contribution in [0.2, 0.25) is 0 Å². The molecule has 7 heteroatoms. The normalized spacial score (nSPS) is 31.1. The quantitative estimate of drug-likeness (QED) is 0.537. The first-order chi connectivity index (χ1) is 8.99. The van der Waals surface area contributed by atoms with Crippen LogP contribution in [0.5, 0.6) is 0 Å². The maximum Gasteiger partial charge on any atom is 0.332 e. The number of hydrogen-bond acceptors (Lipinski definition) is 4. The third-order valence-corrected chi connectivity index (χ3v) is 4.09. The monoisotopic (exact) mass is 272 g/mol. The van der Waals surface area contributed by atoms with Crippen LogP contribution >= 0.6 is 0 Å². The van der Waals surface area contributed by atoms with Crippen LogP contribution in [0.15, 0.2) is 0 Å². The molecule has 2 amide bonds. The van der Waals surface area contributed by atoms with E-state index in [1.165, 1.54) is 0 Å². The van der Waals surface area contributed by atoms with Gasteiger partial charge < -0.3 is 25.5 Å². The van der Waals surface area contributed by atoms with E-state index in [9.17, 15) is 14.7 Å². The summed E-state index contributed by atoms with van der Waals surface area (Å²) in [6, 6.07) is -0.251. The highest BCUT2D eigenvalue weighted by Crippen LogP contribution is 2.37. The van der Waals surface area contributed by atoms with Crippen LogP contribution in [0.25, 0.3) is 0 Å². The van der Waals surface area contributed by atoms with Gasteiger partial charge in [0.15, 0.2) is 6.10 Å². The molecule has 2 rings (SSSR count). The van der Waals surface area contributed by atoms with Crippen LogP contribution in [-0.4, -0.2) is 64.1 Å². The number of fused-ring (bicyclic) bond motifs is 1. The predicted octanol–water partition coefficient (Wildman–Crippen LogP) is -0.766. The number of carboxylic acids is 1. The highest BCUT2D eigenvalue weighted by molar-refractivity contribution is 5.75. The van der Waals surface area contributed by atoms with E-state index < -0.39 is 12.1 Å². The lowest BCUT2D eigenvalue weighted by atomic mass is 10.00. The molecule has 108 valence electrons. The molecule has 0 spiro atoms. The Balaban J connectivity index is 1.72. The summed E-state index contributed by atoms with van der Waals surface area (Å²) in [6.07, 6.45) is 0.00423. The standard InChI is InChI=1S/C12H20N2O5/c15-9-2-1-7-5-14(6-8(7)9)12(19)13-4-3-10(16)11(17)18/h7-10,15-16H,1-6H2,(H,13,19)(H,17,18). The Hall–Kier alpha value is -1.34. The van der Waals surface area contributed by atoms with E-state index >= 15 is 0 Å². The second kappa shape index (κ2) is 5.75. The smallest absolute Gasteiger partial charge is 0.332 e. The van der Waals surface area contributed by atoms with E-state index in [1.54, 1.807) is 4.90 Å². The van der Waals surface area contributed by atoms with Gasteiger partial charge in [-0.3, -0.25) is 0 Å². The summed E-state index contributed by atoms with van der Waals surface area (Å²) >= 11 is 0. The summed E-state index contributed by atoms with van der Waals surface area (Å²) in [6.45, 7) is 1.33. The summed E-state index contributed by atoms with van der Waals surface area (Å²) < 4.78 is 0. The Morgan fingerprint density at radius 1 is 1.32 bits per heavy atom. The Kier molecular flexibility index (Phi) is 4.26. The van der Waals surface area contributed by atoms with Gasteiger partial charge in [-0.05, 0) is 18.8 Å². The van der Waals surface area contributed by atoms with Gasteiger partial charge in [-0.25, -0.2) is 9.59 Å². The molecule has 0 radical (unpaired) electrons. The lowest BCUT2D eigenvalue weighted by Crippen LogP contribution is -2.41. The Morgan fingerprint density at radius 2 is 2.05 bits per heavy atom. The first-order valence-corrected chi connectivity index (χ1v) is 6.60. The molecule has 0 bridgehead atoms. The molecule has 19 heavy (non-hydrogen) atoms. The van der Waals surface area contributed by atoms with Gasteiger partial charge >= 0.3 is 12.0 Å². The molecule has 0 aromatic rings. The van der Waals surface area contributed by atoms with Crippen molar-refractivity contribution in [2.45, 2.75) is 31.5 Å². The first kappa shape index (κ1) is 14.1. The van der Waals surface area contributed by atoms with Crippen molar-refractivity contribution >= 4 is 12.0 Å². The highest BCUT2D eigenvalue weighted by Gasteiger charge is 2.43. The van der Waals surface area contributed by atoms with Gasteiger partial charge in [-0.1, -0.05) is 0 Å². The van der Waals surface area contributed by atoms with Crippen molar-refractivity contribution in [2.75, 3.05) is 19.6 Å². The average Bonchev–Trinajstić information content (AvgIpc) is 2.91. The lowest BCUT2D eigenvalue weighted by molar-refractivity contribution is -0.146. The molecule has 4 atom stereocenters. The van der Waals surface area contributed by atoms with Crippen LogP contribution in [0.1, 0.15) is 19.3 Å². The number of hydrogen-bond donors (Lipinski definition) is 4. The Bertz CT molecular complexity index is 362. The minimum Gasteiger partial charge on any atom is -0.479 e. The van der Waals surface area contributed by atoms with Gasteiger partial charge in [-0.2, -0.15) is 0 Å². The highest BCUT2D eigenvalue weighted by atomic mass is 16.4. The summed E-state index contributed by atoms with van der Waals surface area (Å²) in [4.78, 5) is 23.9. The molecule has 1 saturated carbocycles. The molecular weight excluding hydrogens is 252 g/mol. The van der Waals surface area contributed by atoms with Crippen molar-refractivity contribution < 1.29 is 24.9 Å². The number of aliphatic hydroxyl groups is 2. The van der Waals surface area contributed by atoms with Crippen LogP contribution in [0.4, 0.5) is 4.79 Å². The van der Waals surface area contributed by atoms with E-state index in [0.717, 1.165) is 12.8 Å². The van der Waals surface area contributed by atoms with Crippen molar-refractivity contribution in [1.82, 2.24) is 10.2 Å². The molecule has 4 N–H and O–H groups in total. The number of aliphatic carboxylic acids is 1. The number of carboxylic acid groups (broad SMARTS) is 1. The second-order valence-corrected chi connectivity index (χ2v) is 5.35. The fourth-order valence-corrected chi connectivity index (χ4v) is 2.95. The molecule has 2 aliphatic rings. The maximum atomic E-state index is 11.8. The molecular formula is C12H20N2O5. The molecule has 0 aromatic carbocycles. The summed E-state index contributed by atoms with van der Waals surface area (Å²) in [5.41, 5.74) is 0. The molecule has 1 saturated heterocycles. The van der Waals surface area contributed by atoms with Crippen LogP contribution in [0, 0.1) is 11.8 Å². The molecule has 2 fully saturated rings. The summed E-state index contributed by atoms with van der Waals surface area (Å²) in [7, 11) is 0. The van der Waals surface area contributed by atoms with Crippen molar-refractivity contribution in [3.63, 3.8) is 0 Å². The van der Waals surface area contributed by atoms with Crippen LogP contribution in [-0.2, 0) is 4.79 Å². The van der Waals surface area contributed by atoms with E-state index in [1.807, 2.05) is 0 Å². The number of urea groups is 1. The molecule has 0 aromatic heterocycles. The van der Waals surface area contributed by atoms with Crippen LogP contribution in [0.3, 0.4) is 0 Å². The number of carbonyl (C=O) groups is 2. The second-order valence-electron chi connectivity index (χ2n) is 5.35. The zero-order valence-electron chi connectivity index (χ0n) is 10.7. The fraction of sp³-hybridized carbons (Fsp3) is 0.833. The molecule has 1 aliphatic heterocycles. The summed E-state index contributed by atoms with van der Waals surface area (Å²) in [5.74, 6) is -0.728. The number of nitrogens with zero attached hydrogens (tertiary/aromatic N) is 1. The van der Waals surface area contributed by atoms with Gasteiger partial charge in [-0.15, -0.1) is 0 Å². The number of rotatable bonds is 4. The number of likely N-dealkylation sites (tertiary alicyclic amines) is 1. The number of amides is 2. The predicted molar refractivity (Wildman–Crippen MR) is 65.5 cm³/mol. The molecule has 1 heterocycles. The van der Waals surface area contributed by atoms with Crippen molar-refractivity contribution in [3.05, 3.63) is 0 Å². The minimum absolute atomic E-state index is 0.00953. The first-order valence-electron chi connectivity index (χ1n) is 6.60. The largest absolute Gasteiger partial charge is 0.479 e. The maximum absolute atomic E-state index is 11.8. The fourth-order valence-electron chi connectivity index (χ4n) is 2.95. The van der Waals surface area contributed by atoms with E-state index in [-0.39, 0.29) is 31.0 Å². The van der Waals surface area contributed by atoms with Gasteiger partial charge in [0, 0.05) is 32.0 Å². The molecule has 4 unspecified atom stereocenters. The lowest BCUT2D eigenvalue weighted by Gasteiger charge is -2.19. The van der Waals surface area contributed by atoms with Gasteiger partial charge in [0.1, 0.15) is 0 Å². The van der Waals surface area contributed by atoms with Gasteiger partial charge in [0.2, 0.25) is 0 Å². The Morgan fingerprint density at radius 3 is 2.68 bits per heavy atom. The number of carbonyl (C=O) groups excluding carboxylic acids is 1.